The van der Waals surface area contributed by atoms with Crippen LogP contribution in [0.1, 0.15) is 11.1 Å². The number of carbonyl (C=O) groups is 1. The summed E-state index contributed by atoms with van der Waals surface area (Å²) in [6.07, 6.45) is -5.94. The first kappa shape index (κ1) is 28.5. The van der Waals surface area contributed by atoms with Crippen molar-refractivity contribution in [2.45, 2.75) is 18.5 Å². The van der Waals surface area contributed by atoms with Crippen LogP contribution in [-0.4, -0.2) is 72.3 Å². The number of aliphatic imine (C=N–C) groups is 2. The van der Waals surface area contributed by atoms with Gasteiger partial charge < -0.3 is 24.8 Å². The number of ether oxygens (including phenoxy) is 1. The number of aromatic nitrogens is 2. The molecule has 0 aliphatic carbocycles. The Labute approximate surface area is 251 Å². The van der Waals surface area contributed by atoms with Crippen LogP contribution in [0.15, 0.2) is 75.2 Å². The SMILES string of the molecule is O=C(Oc1c(-c2cc(-c3cc4ccc(C5=NCC(F)CN5)cc4o3)ccn2)[nH]c2cc(C3=NCC(F)CN3)ccc12)C(F)(F)F. The molecule has 3 aromatic heterocycles. The molecule has 0 bridgehead atoms. The highest BCUT2D eigenvalue weighted by atomic mass is 19.4. The summed E-state index contributed by atoms with van der Waals surface area (Å²) in [7, 11) is 0. The zero-order valence-electron chi connectivity index (χ0n) is 23.2. The maximum absolute atomic E-state index is 13.6. The lowest BCUT2D eigenvalue weighted by Gasteiger charge is -2.17. The first-order chi connectivity index (χ1) is 21.6. The van der Waals surface area contributed by atoms with Crippen molar-refractivity contribution in [1.29, 1.82) is 0 Å². The monoisotopic (exact) mass is 622 g/mol. The van der Waals surface area contributed by atoms with E-state index in [1.165, 1.54) is 12.3 Å². The quantitative estimate of drug-likeness (QED) is 0.177. The number of hydrogen-bond acceptors (Lipinski definition) is 8. The van der Waals surface area contributed by atoms with Gasteiger partial charge in [-0.1, -0.05) is 18.2 Å². The van der Waals surface area contributed by atoms with Gasteiger partial charge in [-0.3, -0.25) is 15.0 Å². The molecular weight excluding hydrogens is 599 g/mol. The van der Waals surface area contributed by atoms with Gasteiger partial charge in [0, 0.05) is 46.7 Å². The third kappa shape index (κ3) is 5.58. The Morgan fingerprint density at radius 3 is 2.22 bits per heavy atom. The van der Waals surface area contributed by atoms with E-state index in [9.17, 15) is 26.7 Å². The summed E-state index contributed by atoms with van der Waals surface area (Å²) in [5.41, 5.74) is 2.97. The number of nitrogens with zero attached hydrogens (tertiary/aromatic N) is 3. The van der Waals surface area contributed by atoms with Gasteiger partial charge in [-0.25, -0.2) is 13.6 Å². The zero-order valence-corrected chi connectivity index (χ0v) is 23.2. The number of furan rings is 1. The molecule has 5 heterocycles. The molecule has 2 aromatic carbocycles. The van der Waals surface area contributed by atoms with Crippen LogP contribution >= 0.6 is 0 Å². The Kier molecular flexibility index (Phi) is 6.98. The number of fused-ring (bicyclic) bond motifs is 2. The van der Waals surface area contributed by atoms with Crippen molar-refractivity contribution in [3.8, 4) is 28.5 Å². The molecule has 2 atom stereocenters. The maximum Gasteiger partial charge on any atom is 0.491 e. The van der Waals surface area contributed by atoms with Crippen molar-refractivity contribution in [2.24, 2.45) is 9.98 Å². The number of carbonyl (C=O) groups excluding carboxylic acids is 1. The van der Waals surface area contributed by atoms with E-state index in [4.69, 9.17) is 9.15 Å². The topological polar surface area (TPSA) is 117 Å². The van der Waals surface area contributed by atoms with Gasteiger partial charge in [-0.15, -0.1) is 0 Å². The summed E-state index contributed by atoms with van der Waals surface area (Å²) < 4.78 is 77.9. The average molecular weight is 623 g/mol. The molecular formula is C31H23F5N6O3. The summed E-state index contributed by atoms with van der Waals surface area (Å²) in [5.74, 6) is -1.29. The largest absolute Gasteiger partial charge is 0.491 e. The number of H-pyrrole nitrogens is 1. The molecule has 2 aliphatic rings. The van der Waals surface area contributed by atoms with Gasteiger partial charge >= 0.3 is 12.1 Å². The van der Waals surface area contributed by atoms with Crippen molar-refractivity contribution in [1.82, 2.24) is 20.6 Å². The summed E-state index contributed by atoms with van der Waals surface area (Å²) >= 11 is 0. The van der Waals surface area contributed by atoms with E-state index >= 15 is 0 Å². The first-order valence-electron chi connectivity index (χ1n) is 13.9. The highest BCUT2D eigenvalue weighted by Gasteiger charge is 2.42. The summed E-state index contributed by atoms with van der Waals surface area (Å²) in [6.45, 7) is 0.298. The Bertz CT molecular complexity index is 2010. The number of aromatic amines is 1. The third-order valence-electron chi connectivity index (χ3n) is 7.42. The molecule has 230 valence electrons. The summed E-state index contributed by atoms with van der Waals surface area (Å²) in [5, 5.41) is 6.84. The molecule has 0 radical (unpaired) electrons. The number of pyridine rings is 1. The molecule has 2 aliphatic heterocycles. The van der Waals surface area contributed by atoms with Crippen molar-refractivity contribution in [3.05, 3.63) is 71.9 Å². The van der Waals surface area contributed by atoms with Gasteiger partial charge in [-0.2, -0.15) is 13.2 Å². The van der Waals surface area contributed by atoms with Crippen LogP contribution in [0.4, 0.5) is 22.0 Å². The van der Waals surface area contributed by atoms with Crippen LogP contribution in [0, 0.1) is 0 Å². The minimum Gasteiger partial charge on any atom is -0.456 e. The van der Waals surface area contributed by atoms with Crippen LogP contribution in [0.5, 0.6) is 5.75 Å². The fourth-order valence-corrected chi connectivity index (χ4v) is 5.22. The third-order valence-corrected chi connectivity index (χ3v) is 7.42. The highest BCUT2D eigenvalue weighted by molar-refractivity contribution is 6.05. The standard InChI is InChI=1S/C31H23F5N6O3/c32-19-11-38-28(39-12-19)17-3-4-21-22(8-17)42-26(27(21)45-30(43)31(34,35)36)23-7-16(5-6-37-23)24-9-15-1-2-18(10-25(15)44-24)29-40-13-20(33)14-41-29/h1-10,19-20,42H,11-14H2,(H,38,39)(H,40,41). The Morgan fingerprint density at radius 2 is 1.56 bits per heavy atom. The number of halogens is 5. The molecule has 2 unspecified atom stereocenters. The van der Waals surface area contributed by atoms with E-state index in [0.29, 0.717) is 39.7 Å². The van der Waals surface area contributed by atoms with E-state index in [1.807, 2.05) is 12.1 Å². The minimum atomic E-state index is -5.24. The van der Waals surface area contributed by atoms with E-state index in [0.717, 1.165) is 10.9 Å². The number of hydrogen-bond donors (Lipinski definition) is 3. The van der Waals surface area contributed by atoms with Crippen LogP contribution in [0.3, 0.4) is 0 Å². The number of esters is 1. The molecule has 0 fully saturated rings. The Morgan fingerprint density at radius 1 is 0.867 bits per heavy atom. The van der Waals surface area contributed by atoms with Crippen molar-refractivity contribution in [2.75, 3.05) is 26.2 Å². The maximum atomic E-state index is 13.6. The lowest BCUT2D eigenvalue weighted by Crippen LogP contribution is -2.37. The molecule has 0 saturated carbocycles. The number of alkyl halides is 5. The lowest BCUT2D eigenvalue weighted by molar-refractivity contribution is -0.189. The van der Waals surface area contributed by atoms with Crippen LogP contribution in [-0.2, 0) is 4.79 Å². The van der Waals surface area contributed by atoms with Crippen molar-refractivity contribution >= 4 is 39.5 Å². The number of rotatable bonds is 5. The molecule has 7 rings (SSSR count). The number of amidine groups is 2. The molecule has 9 nitrogen and oxygen atoms in total. The van der Waals surface area contributed by atoms with Crippen LogP contribution in [0.2, 0.25) is 0 Å². The summed E-state index contributed by atoms with van der Waals surface area (Å²) in [4.78, 5) is 27.8. The molecule has 14 heteroatoms. The van der Waals surface area contributed by atoms with Gasteiger partial charge in [-0.05, 0) is 36.4 Å². The average Bonchev–Trinajstić information content (AvgIpc) is 3.62. The fourth-order valence-electron chi connectivity index (χ4n) is 5.22. The second kappa shape index (κ2) is 11.0. The predicted octanol–water partition coefficient (Wildman–Crippen LogP) is 5.49. The molecule has 3 N–H and O–H groups in total. The number of benzene rings is 2. The fraction of sp³-hybridized carbons (Fsp3) is 0.226. The van der Waals surface area contributed by atoms with Gasteiger partial charge in [0.15, 0.2) is 5.75 Å². The van der Waals surface area contributed by atoms with Crippen LogP contribution in [0.25, 0.3) is 44.6 Å². The van der Waals surface area contributed by atoms with E-state index in [1.54, 1.807) is 36.4 Å². The minimum absolute atomic E-state index is 0.0180. The van der Waals surface area contributed by atoms with Gasteiger partial charge in [0.1, 0.15) is 41.1 Å². The van der Waals surface area contributed by atoms with Gasteiger partial charge in [0.2, 0.25) is 0 Å². The molecule has 0 saturated heterocycles. The second-order valence-corrected chi connectivity index (χ2v) is 10.6. The predicted molar refractivity (Wildman–Crippen MR) is 157 cm³/mol. The van der Waals surface area contributed by atoms with Crippen molar-refractivity contribution < 1.29 is 35.9 Å². The first-order valence-corrected chi connectivity index (χ1v) is 13.9. The molecule has 45 heavy (non-hydrogen) atoms. The normalized spacial score (nSPS) is 18.7. The summed E-state index contributed by atoms with van der Waals surface area (Å²) in [6, 6.07) is 15.2. The van der Waals surface area contributed by atoms with E-state index < -0.39 is 24.5 Å². The Balaban J connectivity index is 1.27. The second-order valence-electron chi connectivity index (χ2n) is 10.6. The van der Waals surface area contributed by atoms with Crippen molar-refractivity contribution in [3.63, 3.8) is 0 Å². The van der Waals surface area contributed by atoms with E-state index in [-0.39, 0.29) is 48.7 Å². The highest BCUT2D eigenvalue weighted by Crippen LogP contribution is 2.39. The van der Waals surface area contributed by atoms with Crippen LogP contribution < -0.4 is 15.4 Å². The van der Waals surface area contributed by atoms with E-state index in [2.05, 4.69) is 30.6 Å². The molecule has 0 spiro atoms. The molecule has 5 aromatic rings. The smallest absolute Gasteiger partial charge is 0.456 e. The Hall–Kier alpha value is -5.27. The van der Waals surface area contributed by atoms with Gasteiger partial charge in [0.05, 0.1) is 24.3 Å². The van der Waals surface area contributed by atoms with Gasteiger partial charge in [0.25, 0.3) is 0 Å². The zero-order chi connectivity index (χ0) is 31.3. The lowest BCUT2D eigenvalue weighted by atomic mass is 10.1. The number of nitrogens with one attached hydrogen (secondary N) is 3. The molecule has 0 amide bonds.